The van der Waals surface area contributed by atoms with Crippen LogP contribution in [0.2, 0.25) is 0 Å². The third-order valence-corrected chi connectivity index (χ3v) is 2.74. The topological polar surface area (TPSA) is 38.3 Å². The number of nitrogens with one attached hydrogen (secondary N) is 1. The molecule has 1 rings (SSSR count). The molecule has 0 heterocycles. The first kappa shape index (κ1) is 14.6. The lowest BCUT2D eigenvalue weighted by molar-refractivity contribution is -0.131. The van der Waals surface area contributed by atoms with Crippen LogP contribution in [0.1, 0.15) is 31.9 Å². The Morgan fingerprint density at radius 2 is 2.11 bits per heavy atom. The van der Waals surface area contributed by atoms with E-state index in [-0.39, 0.29) is 11.5 Å². The van der Waals surface area contributed by atoms with E-state index >= 15 is 0 Å². The van der Waals surface area contributed by atoms with Crippen molar-refractivity contribution in [3.63, 3.8) is 0 Å². The number of ether oxygens (including phenoxy) is 1. The van der Waals surface area contributed by atoms with Gasteiger partial charge in [-0.1, -0.05) is 13.0 Å². The lowest BCUT2D eigenvalue weighted by atomic mass is 10.1. The predicted molar refractivity (Wildman–Crippen MR) is 64.0 cm³/mol. The van der Waals surface area contributed by atoms with E-state index in [2.05, 4.69) is 5.32 Å². The van der Waals surface area contributed by atoms with Crippen LogP contribution < -0.4 is 5.32 Å². The van der Waals surface area contributed by atoms with Crippen molar-refractivity contribution in [2.24, 2.45) is 0 Å². The van der Waals surface area contributed by atoms with Gasteiger partial charge in [0, 0.05) is 18.7 Å². The maximum absolute atomic E-state index is 13.5. The Bertz CT molecular complexity index is 419. The number of carbonyl (C=O) groups is 1. The highest BCUT2D eigenvalue weighted by molar-refractivity contribution is 5.81. The van der Waals surface area contributed by atoms with Crippen molar-refractivity contribution in [1.29, 1.82) is 0 Å². The fourth-order valence-corrected chi connectivity index (χ4v) is 1.70. The Morgan fingerprint density at radius 1 is 1.44 bits per heavy atom. The number of halogens is 2. The highest BCUT2D eigenvalue weighted by Crippen LogP contribution is 2.18. The van der Waals surface area contributed by atoms with Crippen molar-refractivity contribution in [3.05, 3.63) is 35.4 Å². The van der Waals surface area contributed by atoms with Crippen molar-refractivity contribution in [2.45, 2.75) is 32.4 Å². The standard InChI is InChI=1S/C13H17F2NO2/c1-4-12(18-3)13(17)16-8(2)10-6-5-9(14)7-11(10)15/h5-8,12H,4H2,1-3H3,(H,16,17)/t8-,12+/m0/s1. The molecule has 1 amide bonds. The Labute approximate surface area is 105 Å². The van der Waals surface area contributed by atoms with E-state index in [0.717, 1.165) is 12.1 Å². The van der Waals surface area contributed by atoms with E-state index in [1.165, 1.54) is 13.2 Å². The van der Waals surface area contributed by atoms with Crippen molar-refractivity contribution in [3.8, 4) is 0 Å². The Balaban J connectivity index is 2.76. The summed E-state index contributed by atoms with van der Waals surface area (Å²) in [6.45, 7) is 3.45. The minimum absolute atomic E-state index is 0.246. The number of rotatable bonds is 5. The molecule has 0 saturated heterocycles. The van der Waals surface area contributed by atoms with Gasteiger partial charge in [-0.2, -0.15) is 0 Å². The summed E-state index contributed by atoms with van der Waals surface area (Å²) in [4.78, 5) is 11.7. The van der Waals surface area contributed by atoms with Crippen LogP contribution in [0.3, 0.4) is 0 Å². The van der Waals surface area contributed by atoms with Gasteiger partial charge in [-0.3, -0.25) is 4.79 Å². The van der Waals surface area contributed by atoms with Crippen LogP contribution in [0.4, 0.5) is 8.78 Å². The summed E-state index contributed by atoms with van der Waals surface area (Å²) in [5.41, 5.74) is 0.246. The van der Waals surface area contributed by atoms with Crippen molar-refractivity contribution in [1.82, 2.24) is 5.32 Å². The molecule has 0 spiro atoms. The maximum atomic E-state index is 13.5. The molecule has 0 saturated carbocycles. The molecule has 100 valence electrons. The highest BCUT2D eigenvalue weighted by atomic mass is 19.1. The van der Waals surface area contributed by atoms with Crippen molar-refractivity contribution >= 4 is 5.91 Å². The summed E-state index contributed by atoms with van der Waals surface area (Å²) >= 11 is 0. The van der Waals surface area contributed by atoms with Crippen LogP contribution in [-0.4, -0.2) is 19.1 Å². The lowest BCUT2D eigenvalue weighted by Gasteiger charge is -2.19. The molecule has 1 aromatic carbocycles. The summed E-state index contributed by atoms with van der Waals surface area (Å²) in [6, 6.07) is 2.74. The first-order chi connectivity index (χ1) is 8.49. The lowest BCUT2D eigenvalue weighted by Crippen LogP contribution is -2.37. The number of carbonyl (C=O) groups excluding carboxylic acids is 1. The van der Waals surface area contributed by atoms with E-state index in [9.17, 15) is 13.6 Å². The van der Waals surface area contributed by atoms with Gasteiger partial charge in [-0.15, -0.1) is 0 Å². The number of benzene rings is 1. The quantitative estimate of drug-likeness (QED) is 0.880. The number of hydrogen-bond donors (Lipinski definition) is 1. The molecule has 0 aliphatic rings. The van der Waals surface area contributed by atoms with Gasteiger partial charge in [-0.25, -0.2) is 8.78 Å². The van der Waals surface area contributed by atoms with Crippen LogP contribution in [0.15, 0.2) is 18.2 Å². The van der Waals surface area contributed by atoms with E-state index in [1.807, 2.05) is 6.92 Å². The third kappa shape index (κ3) is 3.50. The van der Waals surface area contributed by atoms with Crippen LogP contribution >= 0.6 is 0 Å². The van der Waals surface area contributed by atoms with E-state index in [0.29, 0.717) is 6.42 Å². The van der Waals surface area contributed by atoms with E-state index in [4.69, 9.17) is 4.74 Å². The van der Waals surface area contributed by atoms with Gasteiger partial charge in [-0.05, 0) is 19.4 Å². The molecular weight excluding hydrogens is 240 g/mol. The molecule has 0 aliphatic carbocycles. The zero-order valence-electron chi connectivity index (χ0n) is 10.7. The molecule has 0 bridgehead atoms. The molecule has 0 aliphatic heterocycles. The Hall–Kier alpha value is -1.49. The van der Waals surface area contributed by atoms with Crippen LogP contribution in [0.5, 0.6) is 0 Å². The zero-order valence-corrected chi connectivity index (χ0v) is 10.7. The van der Waals surface area contributed by atoms with Crippen LogP contribution in [0, 0.1) is 11.6 Å². The second-order valence-electron chi connectivity index (χ2n) is 4.03. The van der Waals surface area contributed by atoms with Gasteiger partial charge >= 0.3 is 0 Å². The molecule has 1 N–H and O–H groups in total. The molecule has 5 heteroatoms. The molecular formula is C13H17F2NO2. The molecule has 18 heavy (non-hydrogen) atoms. The molecule has 0 unspecified atom stereocenters. The fraction of sp³-hybridized carbons (Fsp3) is 0.462. The second-order valence-corrected chi connectivity index (χ2v) is 4.03. The second kappa shape index (κ2) is 6.44. The fourth-order valence-electron chi connectivity index (χ4n) is 1.70. The van der Waals surface area contributed by atoms with Crippen molar-refractivity contribution < 1.29 is 18.3 Å². The largest absolute Gasteiger partial charge is 0.372 e. The molecule has 0 radical (unpaired) electrons. The van der Waals surface area contributed by atoms with Crippen LogP contribution in [-0.2, 0) is 9.53 Å². The minimum atomic E-state index is -0.673. The van der Waals surface area contributed by atoms with Gasteiger partial charge in [0.2, 0.25) is 5.91 Å². The average Bonchev–Trinajstić information content (AvgIpc) is 2.30. The SMILES string of the molecule is CC[C@@H](OC)C(=O)N[C@@H](C)c1ccc(F)cc1F. The van der Waals surface area contributed by atoms with E-state index in [1.54, 1.807) is 6.92 Å². The molecule has 0 fully saturated rings. The summed E-state index contributed by atoms with van der Waals surface area (Å²) < 4.78 is 31.2. The Kier molecular flexibility index (Phi) is 5.22. The zero-order chi connectivity index (χ0) is 13.7. The van der Waals surface area contributed by atoms with Gasteiger partial charge in [0.25, 0.3) is 0 Å². The minimum Gasteiger partial charge on any atom is -0.372 e. The Morgan fingerprint density at radius 3 is 2.61 bits per heavy atom. The summed E-state index contributed by atoms with van der Waals surface area (Å²) in [5, 5.41) is 2.63. The highest BCUT2D eigenvalue weighted by Gasteiger charge is 2.19. The maximum Gasteiger partial charge on any atom is 0.249 e. The van der Waals surface area contributed by atoms with Gasteiger partial charge in [0.15, 0.2) is 0 Å². The number of hydrogen-bond acceptors (Lipinski definition) is 2. The number of amides is 1. The average molecular weight is 257 g/mol. The molecule has 2 atom stereocenters. The summed E-state index contributed by atoms with van der Waals surface area (Å²) in [6.07, 6.45) is -0.0306. The summed E-state index contributed by atoms with van der Waals surface area (Å²) in [7, 11) is 1.44. The third-order valence-electron chi connectivity index (χ3n) is 2.74. The molecule has 3 nitrogen and oxygen atoms in total. The van der Waals surface area contributed by atoms with Gasteiger partial charge < -0.3 is 10.1 Å². The first-order valence-electron chi connectivity index (χ1n) is 5.77. The number of methoxy groups -OCH3 is 1. The smallest absolute Gasteiger partial charge is 0.249 e. The van der Waals surface area contributed by atoms with Gasteiger partial charge in [0.05, 0.1) is 6.04 Å². The summed E-state index contributed by atoms with van der Waals surface area (Å²) in [5.74, 6) is -1.62. The predicted octanol–water partition coefficient (Wildman–Crippen LogP) is 2.57. The van der Waals surface area contributed by atoms with Gasteiger partial charge in [0.1, 0.15) is 17.7 Å². The van der Waals surface area contributed by atoms with Crippen molar-refractivity contribution in [2.75, 3.05) is 7.11 Å². The normalized spacial score (nSPS) is 14.1. The monoisotopic (exact) mass is 257 g/mol. The molecule has 1 aromatic rings. The first-order valence-corrected chi connectivity index (χ1v) is 5.77. The van der Waals surface area contributed by atoms with E-state index < -0.39 is 23.8 Å². The molecule has 0 aromatic heterocycles. The van der Waals surface area contributed by atoms with Crippen LogP contribution in [0.25, 0.3) is 0 Å².